The molecule has 1 amide bonds. The lowest BCUT2D eigenvalue weighted by Gasteiger charge is -2.10. The molecule has 0 radical (unpaired) electrons. The number of carbonyl (C=O) groups is 1. The predicted octanol–water partition coefficient (Wildman–Crippen LogP) is 5.88. The molecule has 0 fully saturated rings. The summed E-state index contributed by atoms with van der Waals surface area (Å²) < 4.78 is 38.0. The van der Waals surface area contributed by atoms with Crippen LogP contribution in [0, 0.1) is 11.6 Å². The molecule has 1 heterocycles. The number of rotatable bonds is 6. The van der Waals surface area contributed by atoms with Gasteiger partial charge in [0, 0.05) is 5.69 Å². The molecule has 6 nitrogen and oxygen atoms in total. The van der Waals surface area contributed by atoms with E-state index in [0.717, 1.165) is 18.6 Å². The molecular weight excluding hydrogens is 484 g/mol. The van der Waals surface area contributed by atoms with Gasteiger partial charge in [-0.1, -0.05) is 30.7 Å². The van der Waals surface area contributed by atoms with E-state index in [2.05, 4.69) is 22.5 Å². The van der Waals surface area contributed by atoms with Crippen molar-refractivity contribution in [2.45, 2.75) is 13.3 Å². The molecule has 1 aromatic heterocycles. The van der Waals surface area contributed by atoms with Crippen LogP contribution >= 0.6 is 23.8 Å². The molecule has 2 N–H and O–H groups in total. The van der Waals surface area contributed by atoms with E-state index in [4.69, 9.17) is 33.0 Å². The Hall–Kier alpha value is -3.56. The Labute approximate surface area is 203 Å². The van der Waals surface area contributed by atoms with E-state index in [1.807, 2.05) is 12.1 Å². The number of carbonyl (C=O) groups excluding carboxylic acids is 1. The topological polar surface area (TPSA) is 76.4 Å². The van der Waals surface area contributed by atoms with Crippen LogP contribution in [-0.4, -0.2) is 22.6 Å². The van der Waals surface area contributed by atoms with Crippen molar-refractivity contribution in [3.05, 3.63) is 76.8 Å². The normalized spacial score (nSPS) is 10.8. The van der Waals surface area contributed by atoms with Crippen LogP contribution < -0.4 is 15.4 Å². The monoisotopic (exact) mass is 501 g/mol. The lowest BCUT2D eigenvalue weighted by Crippen LogP contribution is -2.37. The predicted molar refractivity (Wildman–Crippen MR) is 130 cm³/mol. The number of nitrogens with one attached hydrogen (secondary N) is 2. The zero-order valence-electron chi connectivity index (χ0n) is 17.8. The highest BCUT2D eigenvalue weighted by molar-refractivity contribution is 7.80. The Kier molecular flexibility index (Phi) is 7.04. The fraction of sp³-hybridized carbons (Fsp3) is 0.125. The standard InChI is InChI=1S/C24H18ClF2N3O3S/c1-2-13-3-6-15(7-4-13)32-12-22(31)30-24(34)28-14-5-8-21-20(9-14)29-23(33-21)16-10-18(26)19(27)11-17(16)25/h3-11H,2,12H2,1H3,(H2,28,30,31,34). The minimum absolute atomic E-state index is 0.0313. The van der Waals surface area contributed by atoms with E-state index < -0.39 is 17.5 Å². The van der Waals surface area contributed by atoms with E-state index in [9.17, 15) is 13.6 Å². The van der Waals surface area contributed by atoms with Crippen LogP contribution in [0.5, 0.6) is 5.75 Å². The van der Waals surface area contributed by atoms with Gasteiger partial charge in [-0.25, -0.2) is 13.8 Å². The molecule has 0 unspecified atom stereocenters. The molecule has 3 aromatic carbocycles. The number of anilines is 1. The van der Waals surface area contributed by atoms with E-state index in [1.165, 1.54) is 5.56 Å². The third-order valence-electron chi connectivity index (χ3n) is 4.84. The van der Waals surface area contributed by atoms with Crippen LogP contribution in [0.1, 0.15) is 12.5 Å². The first-order valence-corrected chi connectivity index (χ1v) is 11.0. The van der Waals surface area contributed by atoms with Gasteiger partial charge in [0.1, 0.15) is 11.3 Å². The average Bonchev–Trinajstić information content (AvgIpc) is 3.23. The van der Waals surface area contributed by atoms with Gasteiger partial charge in [-0.05, 0) is 66.7 Å². The minimum atomic E-state index is -1.06. The van der Waals surface area contributed by atoms with Gasteiger partial charge < -0.3 is 14.5 Å². The molecule has 0 aliphatic carbocycles. The van der Waals surface area contributed by atoms with Gasteiger partial charge in [0.2, 0.25) is 5.89 Å². The molecule has 0 aliphatic heterocycles. The van der Waals surface area contributed by atoms with Crippen molar-refractivity contribution >= 4 is 51.6 Å². The van der Waals surface area contributed by atoms with Gasteiger partial charge in [0.05, 0.1) is 10.6 Å². The Morgan fingerprint density at radius 1 is 1.12 bits per heavy atom. The van der Waals surface area contributed by atoms with Crippen molar-refractivity contribution in [2.75, 3.05) is 11.9 Å². The van der Waals surface area contributed by atoms with Gasteiger partial charge in [0.25, 0.3) is 5.91 Å². The highest BCUT2D eigenvalue weighted by Gasteiger charge is 2.16. The summed E-state index contributed by atoms with van der Waals surface area (Å²) in [5.74, 6) is -1.93. The van der Waals surface area contributed by atoms with E-state index >= 15 is 0 Å². The highest BCUT2D eigenvalue weighted by Crippen LogP contribution is 2.32. The number of aromatic nitrogens is 1. The molecule has 4 aromatic rings. The summed E-state index contributed by atoms with van der Waals surface area (Å²) in [7, 11) is 0. The molecule has 0 spiro atoms. The summed E-state index contributed by atoms with van der Waals surface area (Å²) in [6, 6.07) is 14.2. The van der Waals surface area contributed by atoms with E-state index in [1.54, 1.807) is 30.3 Å². The average molecular weight is 502 g/mol. The lowest BCUT2D eigenvalue weighted by atomic mass is 10.2. The summed E-state index contributed by atoms with van der Waals surface area (Å²) in [6.45, 7) is 1.85. The quantitative estimate of drug-likeness (QED) is 0.254. The van der Waals surface area contributed by atoms with Gasteiger partial charge in [-0.15, -0.1) is 0 Å². The number of fused-ring (bicyclic) bond motifs is 1. The second-order valence-corrected chi connectivity index (χ2v) is 8.05. The van der Waals surface area contributed by atoms with Crippen molar-refractivity contribution < 1.29 is 22.7 Å². The molecule has 0 saturated heterocycles. The highest BCUT2D eigenvalue weighted by atomic mass is 35.5. The lowest BCUT2D eigenvalue weighted by molar-refractivity contribution is -0.121. The number of amides is 1. The van der Waals surface area contributed by atoms with Crippen molar-refractivity contribution in [3.63, 3.8) is 0 Å². The molecule has 4 rings (SSSR count). The number of oxazole rings is 1. The third kappa shape index (κ3) is 5.49. The number of ether oxygens (including phenoxy) is 1. The molecule has 0 atom stereocenters. The molecule has 10 heteroatoms. The second-order valence-electron chi connectivity index (χ2n) is 7.24. The van der Waals surface area contributed by atoms with Crippen molar-refractivity contribution in [3.8, 4) is 17.2 Å². The maximum Gasteiger partial charge on any atom is 0.264 e. The van der Waals surface area contributed by atoms with Gasteiger partial charge in [-0.3, -0.25) is 10.1 Å². The number of benzene rings is 3. The maximum atomic E-state index is 13.6. The third-order valence-corrected chi connectivity index (χ3v) is 5.36. The Morgan fingerprint density at radius 3 is 2.59 bits per heavy atom. The smallest absolute Gasteiger partial charge is 0.264 e. The SMILES string of the molecule is CCc1ccc(OCC(=O)NC(=S)Nc2ccc3oc(-c4cc(F)c(F)cc4Cl)nc3c2)cc1. The number of hydrogen-bond acceptors (Lipinski definition) is 5. The van der Waals surface area contributed by atoms with Crippen molar-refractivity contribution in [1.29, 1.82) is 0 Å². The van der Waals surface area contributed by atoms with Gasteiger partial charge in [0.15, 0.2) is 28.9 Å². The fourth-order valence-corrected chi connectivity index (χ4v) is 3.57. The molecule has 0 saturated carbocycles. The number of hydrogen-bond donors (Lipinski definition) is 2. The van der Waals surface area contributed by atoms with Crippen LogP contribution in [-0.2, 0) is 11.2 Å². The maximum absolute atomic E-state index is 13.6. The molecule has 34 heavy (non-hydrogen) atoms. The number of halogens is 3. The van der Waals surface area contributed by atoms with Crippen LogP contribution in [0.25, 0.3) is 22.6 Å². The summed E-state index contributed by atoms with van der Waals surface area (Å²) >= 11 is 11.2. The van der Waals surface area contributed by atoms with Crippen LogP contribution in [0.2, 0.25) is 5.02 Å². The van der Waals surface area contributed by atoms with Gasteiger partial charge >= 0.3 is 0 Å². The van der Waals surface area contributed by atoms with E-state index in [0.29, 0.717) is 22.5 Å². The largest absolute Gasteiger partial charge is 0.484 e. The molecule has 0 bridgehead atoms. The van der Waals surface area contributed by atoms with Crippen LogP contribution in [0.15, 0.2) is 59.0 Å². The van der Waals surface area contributed by atoms with Gasteiger partial charge in [-0.2, -0.15) is 0 Å². The second kappa shape index (κ2) is 10.1. The van der Waals surface area contributed by atoms with Crippen LogP contribution in [0.4, 0.5) is 14.5 Å². The summed E-state index contributed by atoms with van der Waals surface area (Å²) in [5.41, 5.74) is 2.65. The first-order valence-electron chi connectivity index (χ1n) is 10.2. The Balaban J connectivity index is 1.38. The summed E-state index contributed by atoms with van der Waals surface area (Å²) in [5, 5.41) is 5.46. The summed E-state index contributed by atoms with van der Waals surface area (Å²) in [4.78, 5) is 16.4. The number of aryl methyl sites for hydroxylation is 1. The first-order chi connectivity index (χ1) is 16.3. The fourth-order valence-electron chi connectivity index (χ4n) is 3.10. The minimum Gasteiger partial charge on any atom is -0.484 e. The zero-order valence-corrected chi connectivity index (χ0v) is 19.4. The number of nitrogens with zero attached hydrogens (tertiary/aromatic N) is 1. The van der Waals surface area contributed by atoms with Crippen molar-refractivity contribution in [2.24, 2.45) is 0 Å². The number of thiocarbonyl (C=S) groups is 1. The summed E-state index contributed by atoms with van der Waals surface area (Å²) in [6.07, 6.45) is 0.917. The van der Waals surface area contributed by atoms with Crippen molar-refractivity contribution in [1.82, 2.24) is 10.3 Å². The molecule has 0 aliphatic rings. The zero-order chi connectivity index (χ0) is 24.2. The Morgan fingerprint density at radius 2 is 1.85 bits per heavy atom. The Bertz CT molecular complexity index is 1380. The molecule has 174 valence electrons. The molecular formula is C24H18ClF2N3O3S. The van der Waals surface area contributed by atoms with Crippen LogP contribution in [0.3, 0.4) is 0 Å². The van der Waals surface area contributed by atoms with E-state index in [-0.39, 0.29) is 28.2 Å². The first kappa shape index (κ1) is 23.6.